The summed E-state index contributed by atoms with van der Waals surface area (Å²) < 4.78 is 0. The van der Waals surface area contributed by atoms with Crippen molar-refractivity contribution in [3.8, 4) is 0 Å². The number of anilines is 2. The number of amides is 1. The van der Waals surface area contributed by atoms with Crippen LogP contribution in [0.2, 0.25) is 5.02 Å². The lowest BCUT2D eigenvalue weighted by atomic mass is 10.0. The van der Waals surface area contributed by atoms with Crippen molar-refractivity contribution in [1.82, 2.24) is 9.99 Å². The van der Waals surface area contributed by atoms with Crippen LogP contribution in [0, 0.1) is 5.92 Å². The van der Waals surface area contributed by atoms with E-state index in [9.17, 15) is 4.79 Å². The highest BCUT2D eigenvalue weighted by Gasteiger charge is 2.19. The summed E-state index contributed by atoms with van der Waals surface area (Å²) >= 11 is 5.96. The molecule has 0 atom stereocenters. The second-order valence-corrected chi connectivity index (χ2v) is 6.58. The number of nitrogens with zero attached hydrogens (tertiary/aromatic N) is 2. The third kappa shape index (κ3) is 4.24. The van der Waals surface area contributed by atoms with Crippen molar-refractivity contribution >= 4 is 29.0 Å². The Labute approximate surface area is 147 Å². The third-order valence-electron chi connectivity index (χ3n) is 4.18. The number of nitrogens with one attached hydrogen (secondary N) is 2. The molecule has 2 N–H and O–H groups in total. The van der Waals surface area contributed by atoms with Crippen LogP contribution >= 0.6 is 11.6 Å². The summed E-state index contributed by atoms with van der Waals surface area (Å²) in [5.41, 5.74) is 4.45. The molecular formula is C18H21ClN4O. The van der Waals surface area contributed by atoms with Gasteiger partial charge in [0.15, 0.2) is 5.82 Å². The molecule has 0 unspecified atom stereocenters. The van der Waals surface area contributed by atoms with Gasteiger partial charge in [0.05, 0.1) is 5.56 Å². The molecule has 1 amide bonds. The highest BCUT2D eigenvalue weighted by Crippen LogP contribution is 2.20. The van der Waals surface area contributed by atoms with Crippen molar-refractivity contribution in [2.24, 2.45) is 5.92 Å². The summed E-state index contributed by atoms with van der Waals surface area (Å²) in [6, 6.07) is 10.6. The molecule has 5 nitrogen and oxygen atoms in total. The fourth-order valence-electron chi connectivity index (χ4n) is 2.71. The predicted molar refractivity (Wildman–Crippen MR) is 97.2 cm³/mol. The Hall–Kier alpha value is -2.11. The zero-order valence-electron chi connectivity index (χ0n) is 13.6. The average Bonchev–Trinajstić information content (AvgIpc) is 2.57. The summed E-state index contributed by atoms with van der Waals surface area (Å²) in [4.78, 5) is 16.9. The third-order valence-corrected chi connectivity index (χ3v) is 4.42. The molecule has 1 aliphatic rings. The lowest BCUT2D eigenvalue weighted by Gasteiger charge is -2.31. The maximum Gasteiger partial charge on any atom is 0.259 e. The lowest BCUT2D eigenvalue weighted by Crippen LogP contribution is -2.38. The molecule has 1 saturated heterocycles. The zero-order valence-corrected chi connectivity index (χ0v) is 14.4. The van der Waals surface area contributed by atoms with Gasteiger partial charge in [0.25, 0.3) is 5.91 Å². The Kier molecular flexibility index (Phi) is 5.33. The molecule has 1 aromatic heterocycles. The second kappa shape index (κ2) is 7.64. The number of carbonyl (C=O) groups is 1. The van der Waals surface area contributed by atoms with Crippen LogP contribution in [0.5, 0.6) is 0 Å². The summed E-state index contributed by atoms with van der Waals surface area (Å²) in [6.45, 7) is 4.17. The molecule has 24 heavy (non-hydrogen) atoms. The fourth-order valence-corrected chi connectivity index (χ4v) is 2.90. The van der Waals surface area contributed by atoms with E-state index in [4.69, 9.17) is 11.6 Å². The van der Waals surface area contributed by atoms with E-state index in [1.165, 1.54) is 0 Å². The Morgan fingerprint density at radius 3 is 2.79 bits per heavy atom. The van der Waals surface area contributed by atoms with Crippen LogP contribution in [0.3, 0.4) is 0 Å². The van der Waals surface area contributed by atoms with E-state index in [0.29, 0.717) is 22.1 Å². The van der Waals surface area contributed by atoms with Crippen LogP contribution in [0.4, 0.5) is 11.5 Å². The summed E-state index contributed by atoms with van der Waals surface area (Å²) in [5, 5.41) is 5.57. The molecule has 0 spiro atoms. The Balaban J connectivity index is 1.72. The standard InChI is InChI=1S/C18H21ClN4O/c1-13-7-10-23(11-8-13)22-17-16(6-3-9-20-17)18(24)21-15-5-2-4-14(19)12-15/h2-6,9,12-13H,7-8,10-11H2,1H3,(H,20,22)(H,21,24). The first-order chi connectivity index (χ1) is 11.6. The van der Waals surface area contributed by atoms with Gasteiger partial charge in [-0.3, -0.25) is 4.79 Å². The van der Waals surface area contributed by atoms with Crippen molar-refractivity contribution in [2.45, 2.75) is 19.8 Å². The topological polar surface area (TPSA) is 57.3 Å². The van der Waals surface area contributed by atoms with Gasteiger partial charge in [-0.05, 0) is 49.1 Å². The fraction of sp³-hybridized carbons (Fsp3) is 0.333. The van der Waals surface area contributed by atoms with Gasteiger partial charge in [-0.25, -0.2) is 9.99 Å². The number of hydrogen-bond donors (Lipinski definition) is 2. The smallest absolute Gasteiger partial charge is 0.259 e. The molecule has 1 fully saturated rings. The van der Waals surface area contributed by atoms with E-state index in [1.54, 1.807) is 42.6 Å². The van der Waals surface area contributed by atoms with E-state index in [1.807, 2.05) is 0 Å². The first kappa shape index (κ1) is 16.7. The van der Waals surface area contributed by atoms with E-state index >= 15 is 0 Å². The highest BCUT2D eigenvalue weighted by atomic mass is 35.5. The number of piperidine rings is 1. The van der Waals surface area contributed by atoms with Crippen LogP contribution < -0.4 is 10.7 Å². The van der Waals surface area contributed by atoms with Crippen LogP contribution in [0.15, 0.2) is 42.6 Å². The maximum absolute atomic E-state index is 12.6. The predicted octanol–water partition coefficient (Wildman–Crippen LogP) is 4.05. The van der Waals surface area contributed by atoms with Gasteiger partial charge in [0, 0.05) is 30.0 Å². The number of halogens is 1. The first-order valence-corrected chi connectivity index (χ1v) is 8.53. The summed E-state index contributed by atoms with van der Waals surface area (Å²) in [5.74, 6) is 1.11. The Bertz CT molecular complexity index is 714. The Morgan fingerprint density at radius 1 is 1.25 bits per heavy atom. The van der Waals surface area contributed by atoms with Crippen LogP contribution in [-0.4, -0.2) is 29.0 Å². The molecule has 6 heteroatoms. The van der Waals surface area contributed by atoms with E-state index in [2.05, 4.69) is 27.7 Å². The minimum atomic E-state index is -0.210. The van der Waals surface area contributed by atoms with Gasteiger partial charge in [-0.2, -0.15) is 0 Å². The molecular weight excluding hydrogens is 324 g/mol. The van der Waals surface area contributed by atoms with Gasteiger partial charge in [0.2, 0.25) is 0 Å². The lowest BCUT2D eigenvalue weighted by molar-refractivity contribution is 0.102. The average molecular weight is 345 g/mol. The number of pyridine rings is 1. The molecule has 126 valence electrons. The normalized spacial score (nSPS) is 15.9. The molecule has 0 saturated carbocycles. The van der Waals surface area contributed by atoms with Crippen molar-refractivity contribution in [2.75, 3.05) is 23.8 Å². The number of rotatable bonds is 4. The number of aromatic nitrogens is 1. The first-order valence-electron chi connectivity index (χ1n) is 8.15. The molecule has 2 heterocycles. The van der Waals surface area contributed by atoms with Gasteiger partial charge in [0.1, 0.15) is 0 Å². The number of benzene rings is 1. The quantitative estimate of drug-likeness (QED) is 0.878. The SMILES string of the molecule is CC1CCN(Nc2ncccc2C(=O)Nc2cccc(Cl)c2)CC1. The molecule has 0 aliphatic carbocycles. The molecule has 3 rings (SSSR count). The van der Waals surface area contributed by atoms with Gasteiger partial charge < -0.3 is 10.7 Å². The highest BCUT2D eigenvalue weighted by molar-refractivity contribution is 6.31. The van der Waals surface area contributed by atoms with Crippen LogP contribution in [0.1, 0.15) is 30.1 Å². The maximum atomic E-state index is 12.6. The molecule has 1 aromatic carbocycles. The monoisotopic (exact) mass is 344 g/mol. The van der Waals surface area contributed by atoms with Crippen molar-refractivity contribution in [3.05, 3.63) is 53.2 Å². The summed E-state index contributed by atoms with van der Waals surface area (Å²) in [6.07, 6.45) is 3.97. The van der Waals surface area contributed by atoms with Gasteiger partial charge in [-0.1, -0.05) is 24.6 Å². The molecule has 0 radical (unpaired) electrons. The number of carbonyl (C=O) groups excluding carboxylic acids is 1. The van der Waals surface area contributed by atoms with Gasteiger partial charge in [-0.15, -0.1) is 0 Å². The minimum Gasteiger partial charge on any atom is -0.322 e. The molecule has 0 bridgehead atoms. The summed E-state index contributed by atoms with van der Waals surface area (Å²) in [7, 11) is 0. The molecule has 1 aliphatic heterocycles. The largest absolute Gasteiger partial charge is 0.322 e. The van der Waals surface area contributed by atoms with Crippen molar-refractivity contribution in [3.63, 3.8) is 0 Å². The number of hydrogen-bond acceptors (Lipinski definition) is 4. The van der Waals surface area contributed by atoms with E-state index in [0.717, 1.165) is 31.8 Å². The number of hydrazine groups is 1. The second-order valence-electron chi connectivity index (χ2n) is 6.15. The van der Waals surface area contributed by atoms with Crippen LogP contribution in [-0.2, 0) is 0 Å². The van der Waals surface area contributed by atoms with Crippen molar-refractivity contribution in [1.29, 1.82) is 0 Å². The minimum absolute atomic E-state index is 0.210. The molecule has 2 aromatic rings. The van der Waals surface area contributed by atoms with Crippen LogP contribution in [0.25, 0.3) is 0 Å². The van der Waals surface area contributed by atoms with Gasteiger partial charge >= 0.3 is 0 Å². The van der Waals surface area contributed by atoms with E-state index in [-0.39, 0.29) is 5.91 Å². The van der Waals surface area contributed by atoms with E-state index < -0.39 is 0 Å². The van der Waals surface area contributed by atoms with Crippen molar-refractivity contribution < 1.29 is 4.79 Å². The zero-order chi connectivity index (χ0) is 16.9. The Morgan fingerprint density at radius 2 is 2.04 bits per heavy atom.